The molecule has 6 nitrogen and oxygen atoms in total. The van der Waals surface area contributed by atoms with E-state index in [1.54, 1.807) is 24.3 Å². The molecule has 0 bridgehead atoms. The number of hydrogen-bond acceptors (Lipinski definition) is 4. The number of aryl methyl sites for hydroxylation is 1. The number of furan rings is 1. The molecule has 172 valence electrons. The van der Waals surface area contributed by atoms with Gasteiger partial charge in [0.25, 0.3) is 5.56 Å². The van der Waals surface area contributed by atoms with Crippen molar-refractivity contribution in [3.8, 4) is 0 Å². The summed E-state index contributed by atoms with van der Waals surface area (Å²) in [6.45, 7) is 1.25. The average molecular weight is 476 g/mol. The highest BCUT2D eigenvalue weighted by atomic mass is 32.2. The summed E-state index contributed by atoms with van der Waals surface area (Å²) in [6.07, 6.45) is -3.35. The van der Waals surface area contributed by atoms with Gasteiger partial charge < -0.3 is 9.40 Å². The normalized spacial score (nSPS) is 12.5. The van der Waals surface area contributed by atoms with Gasteiger partial charge in [0, 0.05) is 17.6 Å². The Labute approximate surface area is 187 Å². The van der Waals surface area contributed by atoms with E-state index in [0.717, 1.165) is 28.1 Å². The zero-order valence-electron chi connectivity index (χ0n) is 17.4. The molecule has 2 aromatic carbocycles. The second-order valence-corrected chi connectivity index (χ2v) is 9.53. The molecule has 0 aliphatic rings. The first-order valence-corrected chi connectivity index (χ1v) is 11.3. The summed E-state index contributed by atoms with van der Waals surface area (Å²) in [5.41, 5.74) is 0.114. The summed E-state index contributed by atoms with van der Waals surface area (Å²) in [7, 11) is -4.42. The van der Waals surface area contributed by atoms with Gasteiger partial charge in [-0.3, -0.25) is 4.79 Å². The lowest BCUT2D eigenvalue weighted by molar-refractivity contribution is -0.137. The first kappa shape index (κ1) is 22.8. The molecule has 0 saturated carbocycles. The molecule has 0 saturated heterocycles. The highest BCUT2D eigenvalue weighted by molar-refractivity contribution is 7.89. The third kappa shape index (κ3) is 4.86. The molecule has 0 radical (unpaired) electrons. The number of pyridine rings is 1. The highest BCUT2D eigenvalue weighted by Gasteiger charge is 2.33. The van der Waals surface area contributed by atoms with E-state index in [1.807, 2.05) is 19.1 Å². The Bertz CT molecular complexity index is 1460. The zero-order valence-corrected chi connectivity index (χ0v) is 18.2. The summed E-state index contributed by atoms with van der Waals surface area (Å²) in [5.74, 6) is 0.276. The van der Waals surface area contributed by atoms with E-state index < -0.39 is 32.2 Å². The maximum Gasteiger partial charge on any atom is 0.416 e. The Morgan fingerprint density at radius 3 is 2.48 bits per heavy atom. The minimum absolute atomic E-state index is 0.148. The first-order chi connectivity index (χ1) is 15.5. The quantitative estimate of drug-likeness (QED) is 0.432. The van der Waals surface area contributed by atoms with Gasteiger partial charge in [-0.25, -0.2) is 8.42 Å². The van der Waals surface area contributed by atoms with Crippen LogP contribution in [0.25, 0.3) is 10.9 Å². The Hall–Kier alpha value is -3.37. The van der Waals surface area contributed by atoms with E-state index in [9.17, 15) is 26.4 Å². The van der Waals surface area contributed by atoms with E-state index in [0.29, 0.717) is 17.0 Å². The number of H-pyrrole nitrogens is 1. The Balaban J connectivity index is 1.78. The van der Waals surface area contributed by atoms with Crippen LogP contribution in [0.2, 0.25) is 0 Å². The van der Waals surface area contributed by atoms with Crippen molar-refractivity contribution in [2.75, 3.05) is 0 Å². The van der Waals surface area contributed by atoms with Gasteiger partial charge in [0.15, 0.2) is 0 Å². The molecule has 0 amide bonds. The molecule has 33 heavy (non-hydrogen) atoms. The van der Waals surface area contributed by atoms with Crippen LogP contribution in [0.4, 0.5) is 13.2 Å². The molecule has 0 atom stereocenters. The number of aromatic amines is 1. The standard InChI is InChI=1S/C23H19F3N2O4S/c1-15-7-8-21-16(10-15)11-17(22(29)27-21)13-28(14-19-5-3-9-32-19)33(30,31)20-6-2-4-18(12-20)23(24,25)26/h2-12H,13-14H2,1H3,(H,27,29). The largest absolute Gasteiger partial charge is 0.468 e. The average Bonchev–Trinajstić information content (AvgIpc) is 3.27. The van der Waals surface area contributed by atoms with Crippen LogP contribution in [-0.2, 0) is 29.3 Å². The lowest BCUT2D eigenvalue weighted by Crippen LogP contribution is -2.32. The Morgan fingerprint density at radius 2 is 1.79 bits per heavy atom. The maximum atomic E-state index is 13.4. The zero-order chi connectivity index (χ0) is 23.8. The molecule has 0 spiro atoms. The molecule has 1 N–H and O–H groups in total. The summed E-state index contributed by atoms with van der Waals surface area (Å²) in [5, 5.41) is 0.707. The number of nitrogens with zero attached hydrogens (tertiary/aromatic N) is 1. The molecule has 2 heterocycles. The molecule has 0 unspecified atom stereocenters. The second kappa shape index (κ2) is 8.53. The smallest absolute Gasteiger partial charge is 0.416 e. The first-order valence-electron chi connectivity index (χ1n) is 9.86. The summed E-state index contributed by atoms with van der Waals surface area (Å²) in [4.78, 5) is 14.8. The topological polar surface area (TPSA) is 83.4 Å². The van der Waals surface area contributed by atoms with Gasteiger partial charge in [-0.1, -0.05) is 17.7 Å². The molecule has 4 rings (SSSR count). The summed E-state index contributed by atoms with van der Waals surface area (Å²) >= 11 is 0. The number of sulfonamides is 1. The third-order valence-corrected chi connectivity index (χ3v) is 6.92. The number of halogens is 3. The van der Waals surface area contributed by atoms with Crippen LogP contribution in [0.15, 0.2) is 81.0 Å². The van der Waals surface area contributed by atoms with E-state index >= 15 is 0 Å². The molecule has 0 fully saturated rings. The van der Waals surface area contributed by atoms with Gasteiger partial charge in [-0.05, 0) is 60.8 Å². The van der Waals surface area contributed by atoms with Crippen molar-refractivity contribution >= 4 is 20.9 Å². The monoisotopic (exact) mass is 476 g/mol. The van der Waals surface area contributed by atoms with Crippen LogP contribution >= 0.6 is 0 Å². The van der Waals surface area contributed by atoms with Gasteiger partial charge in [-0.15, -0.1) is 0 Å². The van der Waals surface area contributed by atoms with Gasteiger partial charge in [0.05, 0.1) is 23.3 Å². The van der Waals surface area contributed by atoms with Crippen molar-refractivity contribution in [2.45, 2.75) is 31.1 Å². The number of aromatic nitrogens is 1. The Morgan fingerprint density at radius 1 is 1.00 bits per heavy atom. The summed E-state index contributed by atoms with van der Waals surface area (Å²) < 4.78 is 72.5. The van der Waals surface area contributed by atoms with Crippen LogP contribution in [0, 0.1) is 6.92 Å². The van der Waals surface area contributed by atoms with Crippen LogP contribution in [0.1, 0.15) is 22.5 Å². The van der Waals surface area contributed by atoms with Crippen molar-refractivity contribution in [3.63, 3.8) is 0 Å². The van der Waals surface area contributed by atoms with Crippen LogP contribution < -0.4 is 5.56 Å². The third-order valence-electron chi connectivity index (χ3n) is 5.13. The van der Waals surface area contributed by atoms with E-state index in [-0.39, 0.29) is 24.4 Å². The van der Waals surface area contributed by atoms with Crippen molar-refractivity contribution < 1.29 is 26.0 Å². The fourth-order valence-electron chi connectivity index (χ4n) is 3.46. The molecule has 0 aliphatic carbocycles. The molecule has 0 aliphatic heterocycles. The van der Waals surface area contributed by atoms with E-state index in [1.165, 1.54) is 6.26 Å². The fourth-order valence-corrected chi connectivity index (χ4v) is 4.89. The van der Waals surface area contributed by atoms with E-state index in [2.05, 4.69) is 4.98 Å². The van der Waals surface area contributed by atoms with Crippen molar-refractivity contribution in [1.29, 1.82) is 0 Å². The predicted molar refractivity (Wildman–Crippen MR) is 116 cm³/mol. The molecule has 10 heteroatoms. The lowest BCUT2D eigenvalue weighted by Gasteiger charge is -2.22. The maximum absolute atomic E-state index is 13.4. The lowest BCUT2D eigenvalue weighted by atomic mass is 10.1. The minimum Gasteiger partial charge on any atom is -0.468 e. The van der Waals surface area contributed by atoms with Gasteiger partial charge in [0.1, 0.15) is 5.76 Å². The van der Waals surface area contributed by atoms with Gasteiger partial charge >= 0.3 is 6.18 Å². The SMILES string of the molecule is Cc1ccc2[nH]c(=O)c(CN(Cc3ccco3)S(=O)(=O)c3cccc(C(F)(F)F)c3)cc2c1. The molecule has 4 aromatic rings. The van der Waals surface area contributed by atoms with E-state index in [4.69, 9.17) is 4.42 Å². The highest BCUT2D eigenvalue weighted by Crippen LogP contribution is 2.31. The van der Waals surface area contributed by atoms with Crippen LogP contribution in [0.5, 0.6) is 0 Å². The fraction of sp³-hybridized carbons (Fsp3) is 0.174. The van der Waals surface area contributed by atoms with Crippen molar-refractivity contribution in [1.82, 2.24) is 9.29 Å². The van der Waals surface area contributed by atoms with Crippen molar-refractivity contribution in [3.05, 3.63) is 99.7 Å². The second-order valence-electron chi connectivity index (χ2n) is 7.59. The van der Waals surface area contributed by atoms with Crippen LogP contribution in [-0.4, -0.2) is 17.7 Å². The predicted octanol–water partition coefficient (Wildman–Crippen LogP) is 4.84. The molecular weight excluding hydrogens is 457 g/mol. The number of nitrogens with one attached hydrogen (secondary N) is 1. The molecule has 2 aromatic heterocycles. The van der Waals surface area contributed by atoms with Crippen LogP contribution in [0.3, 0.4) is 0 Å². The van der Waals surface area contributed by atoms with Gasteiger partial charge in [0.2, 0.25) is 10.0 Å². The number of benzene rings is 2. The van der Waals surface area contributed by atoms with Crippen molar-refractivity contribution in [2.24, 2.45) is 0 Å². The molecular formula is C23H19F3N2O4S. The number of fused-ring (bicyclic) bond motifs is 1. The van der Waals surface area contributed by atoms with Gasteiger partial charge in [-0.2, -0.15) is 17.5 Å². The number of hydrogen-bond donors (Lipinski definition) is 1. The minimum atomic E-state index is -4.70. The number of alkyl halides is 3. The Kier molecular flexibility index (Phi) is 5.89. The number of rotatable bonds is 6. The summed E-state index contributed by atoms with van der Waals surface area (Å²) in [6, 6.07) is 13.6.